The molecule has 2 amide bonds. The highest BCUT2D eigenvalue weighted by atomic mass is 19.4. The maximum absolute atomic E-state index is 14.7. The zero-order valence-corrected chi connectivity index (χ0v) is 39.3. The lowest BCUT2D eigenvalue weighted by atomic mass is 10.0. The quantitative estimate of drug-likeness (QED) is 0.106. The Balaban J connectivity index is 1.02. The van der Waals surface area contributed by atoms with Gasteiger partial charge in [-0.3, -0.25) is 9.59 Å². The number of nitrogens with zero attached hydrogens (tertiary/aromatic N) is 10. The van der Waals surface area contributed by atoms with Crippen molar-refractivity contribution in [2.75, 3.05) is 79.8 Å². The molecule has 72 heavy (non-hydrogen) atoms. The molecule has 2 N–H and O–H groups in total. The first kappa shape index (κ1) is 49.6. The molecule has 0 aliphatic carbocycles. The second-order valence-corrected chi connectivity index (χ2v) is 17.8. The number of amides is 2. The standard InChI is InChI=1S/C48H50F6N12O6/c1-28-37-24-30(26-55-41(37)61-45(57-28)65-18-14-32(15-19-65)64-16-4-5-17-64)59-43(67)39(69-33-6-10-35(11-7-33)71-47(49,50)51)40(70-34-8-12-36(13-9-34)72-48(52,53)54)44(68)60-31-25-38-29(2)58-46(62-42(38)56-27-31)66-22-20-63(3)21-23-66/h6-13,24-27,32,39-40H,4-5,14-23H2,1-3H3,(H,59,67)(H,60,68). The molecule has 3 saturated heterocycles. The first-order valence-corrected chi connectivity index (χ1v) is 23.3. The Labute approximate surface area is 408 Å². The monoisotopic (exact) mass is 1000 g/mol. The number of rotatable bonds is 14. The van der Waals surface area contributed by atoms with E-state index in [0.717, 1.165) is 101 Å². The van der Waals surface area contributed by atoms with Crippen molar-refractivity contribution >= 4 is 57.2 Å². The third-order valence-electron chi connectivity index (χ3n) is 12.6. The molecule has 0 saturated carbocycles. The van der Waals surface area contributed by atoms with Gasteiger partial charge >= 0.3 is 12.7 Å². The van der Waals surface area contributed by atoms with E-state index in [1.54, 1.807) is 26.0 Å². The summed E-state index contributed by atoms with van der Waals surface area (Å²) in [5.74, 6) is -2.58. The van der Waals surface area contributed by atoms with Crippen molar-refractivity contribution in [2.45, 2.75) is 70.5 Å². The van der Waals surface area contributed by atoms with Crippen molar-refractivity contribution in [1.29, 1.82) is 0 Å². The molecule has 2 atom stereocenters. The third kappa shape index (κ3) is 12.2. The average molecular weight is 1000 g/mol. The van der Waals surface area contributed by atoms with Crippen LogP contribution in [0.2, 0.25) is 0 Å². The normalized spacial score (nSPS) is 17.2. The van der Waals surface area contributed by atoms with E-state index >= 15 is 0 Å². The molecule has 3 aliphatic heterocycles. The summed E-state index contributed by atoms with van der Waals surface area (Å²) in [6.45, 7) is 10.4. The summed E-state index contributed by atoms with van der Waals surface area (Å²) in [6.07, 6.45) is -6.88. The number of piperidine rings is 1. The number of hydrogen-bond acceptors (Lipinski definition) is 16. The number of hydrogen-bond donors (Lipinski definition) is 2. The third-order valence-corrected chi connectivity index (χ3v) is 12.6. The Bertz CT molecular complexity index is 2890. The predicted molar refractivity (Wildman–Crippen MR) is 252 cm³/mol. The van der Waals surface area contributed by atoms with Gasteiger partial charge < -0.3 is 49.2 Å². The lowest BCUT2D eigenvalue weighted by molar-refractivity contribution is -0.275. The van der Waals surface area contributed by atoms with Crippen LogP contribution in [0, 0.1) is 13.8 Å². The summed E-state index contributed by atoms with van der Waals surface area (Å²) < 4.78 is 98.8. The number of aromatic nitrogens is 6. The molecular formula is C48H50F6N12O6. The van der Waals surface area contributed by atoms with Crippen LogP contribution in [-0.4, -0.2) is 142 Å². The van der Waals surface area contributed by atoms with Gasteiger partial charge in [-0.2, -0.15) is 9.97 Å². The van der Waals surface area contributed by atoms with Gasteiger partial charge in [-0.05, 0) is 120 Å². The number of piperazine rings is 1. The van der Waals surface area contributed by atoms with Crippen molar-refractivity contribution in [3.8, 4) is 23.0 Å². The number of anilines is 4. The molecule has 7 heterocycles. The van der Waals surface area contributed by atoms with Crippen LogP contribution in [0.4, 0.5) is 49.6 Å². The van der Waals surface area contributed by atoms with E-state index in [4.69, 9.17) is 24.4 Å². The fourth-order valence-electron chi connectivity index (χ4n) is 8.91. The topological polar surface area (TPSA) is 185 Å². The van der Waals surface area contributed by atoms with E-state index in [1.165, 1.54) is 25.2 Å². The fraction of sp³-hybridized carbons (Fsp3) is 0.417. The van der Waals surface area contributed by atoms with Crippen LogP contribution in [0.25, 0.3) is 22.1 Å². The van der Waals surface area contributed by atoms with Gasteiger partial charge in [0, 0.05) is 56.1 Å². The van der Waals surface area contributed by atoms with Crippen molar-refractivity contribution in [3.63, 3.8) is 0 Å². The van der Waals surface area contributed by atoms with Gasteiger partial charge in [0.05, 0.1) is 35.2 Å². The summed E-state index contributed by atoms with van der Waals surface area (Å²) >= 11 is 0. The summed E-state index contributed by atoms with van der Waals surface area (Å²) in [4.78, 5) is 66.1. The van der Waals surface area contributed by atoms with Crippen LogP contribution >= 0.6 is 0 Å². The van der Waals surface area contributed by atoms with Crippen molar-refractivity contribution < 1.29 is 54.9 Å². The molecule has 6 aromatic rings. The molecule has 9 rings (SSSR count). The van der Waals surface area contributed by atoms with Crippen molar-refractivity contribution in [1.82, 2.24) is 39.7 Å². The van der Waals surface area contributed by atoms with Crippen molar-refractivity contribution in [3.05, 3.63) is 84.4 Å². The Kier molecular flexibility index (Phi) is 14.3. The molecule has 0 bridgehead atoms. The molecular weight excluding hydrogens is 955 g/mol. The van der Waals surface area contributed by atoms with Crippen LogP contribution in [0.5, 0.6) is 23.0 Å². The van der Waals surface area contributed by atoms with E-state index < -0.39 is 48.2 Å². The molecule has 2 aromatic carbocycles. The van der Waals surface area contributed by atoms with Gasteiger partial charge in [-0.15, -0.1) is 26.3 Å². The van der Waals surface area contributed by atoms with Gasteiger partial charge in [0.2, 0.25) is 24.1 Å². The highest BCUT2D eigenvalue weighted by Crippen LogP contribution is 2.31. The summed E-state index contributed by atoms with van der Waals surface area (Å²) in [7, 11) is 2.03. The minimum atomic E-state index is -5.01. The molecule has 2 unspecified atom stereocenters. The van der Waals surface area contributed by atoms with Crippen LogP contribution < -0.4 is 39.4 Å². The number of nitrogens with one attached hydrogen (secondary N) is 2. The number of alkyl halides is 6. The minimum absolute atomic E-state index is 0.117. The van der Waals surface area contributed by atoms with Crippen LogP contribution in [0.15, 0.2) is 73.1 Å². The molecule has 24 heteroatoms. The number of carbonyl (C=O) groups excluding carboxylic acids is 2. The Hall–Kier alpha value is -7.34. The lowest BCUT2D eigenvalue weighted by Gasteiger charge is -2.36. The molecule has 18 nitrogen and oxygen atoms in total. The van der Waals surface area contributed by atoms with E-state index in [2.05, 4.69) is 49.8 Å². The fourth-order valence-corrected chi connectivity index (χ4v) is 8.91. The number of benzene rings is 2. The minimum Gasteiger partial charge on any atom is -0.476 e. The van der Waals surface area contributed by atoms with Crippen molar-refractivity contribution in [2.24, 2.45) is 0 Å². The number of likely N-dealkylation sites (N-methyl/N-ethyl adjacent to an activating group) is 1. The smallest absolute Gasteiger partial charge is 0.476 e. The van der Waals surface area contributed by atoms with Crippen LogP contribution in [0.3, 0.4) is 0 Å². The number of fused-ring (bicyclic) bond motifs is 2. The highest BCUT2D eigenvalue weighted by Gasteiger charge is 2.40. The van der Waals surface area contributed by atoms with E-state index in [-0.39, 0.29) is 22.9 Å². The molecule has 0 spiro atoms. The predicted octanol–water partition coefficient (Wildman–Crippen LogP) is 7.07. The summed E-state index contributed by atoms with van der Waals surface area (Å²) in [6, 6.07) is 11.8. The Morgan fingerprint density at radius 1 is 0.583 bits per heavy atom. The first-order valence-electron chi connectivity index (χ1n) is 23.3. The first-order chi connectivity index (χ1) is 34.4. The van der Waals surface area contributed by atoms with E-state index in [1.807, 2.05) is 11.9 Å². The lowest BCUT2D eigenvalue weighted by Crippen LogP contribution is -2.51. The zero-order chi connectivity index (χ0) is 50.7. The maximum atomic E-state index is 14.7. The highest BCUT2D eigenvalue weighted by molar-refractivity contribution is 6.03. The zero-order valence-electron chi connectivity index (χ0n) is 39.3. The molecule has 3 fully saturated rings. The maximum Gasteiger partial charge on any atom is 0.573 e. The number of carbonyl (C=O) groups is 2. The van der Waals surface area contributed by atoms with Gasteiger partial charge in [0.15, 0.2) is 11.3 Å². The van der Waals surface area contributed by atoms with E-state index in [9.17, 15) is 35.9 Å². The number of aryl methyl sites for hydroxylation is 2. The molecule has 0 radical (unpaired) electrons. The number of pyridine rings is 2. The largest absolute Gasteiger partial charge is 0.573 e. The number of ether oxygens (including phenoxy) is 4. The van der Waals surface area contributed by atoms with Gasteiger partial charge in [-0.1, -0.05) is 0 Å². The second kappa shape index (κ2) is 20.8. The molecule has 3 aliphatic rings. The van der Waals surface area contributed by atoms with Crippen LogP contribution in [-0.2, 0) is 9.59 Å². The van der Waals surface area contributed by atoms with Gasteiger partial charge in [-0.25, -0.2) is 19.9 Å². The summed E-state index contributed by atoms with van der Waals surface area (Å²) in [5, 5.41) is 6.40. The molecule has 380 valence electrons. The SMILES string of the molecule is Cc1nc(N2CCC(N3CCCC3)CC2)nc2ncc(NC(=O)C(Oc3ccc(OC(F)(F)F)cc3)C(Oc3ccc(OC(F)(F)F)cc3)C(=O)Nc3cnc4nc(N5CCN(C)CC5)nc(C)c4c3)cc12. The van der Waals surface area contributed by atoms with Crippen LogP contribution in [0.1, 0.15) is 37.1 Å². The molecule has 4 aromatic heterocycles. The number of halogens is 6. The van der Waals surface area contributed by atoms with E-state index in [0.29, 0.717) is 64.5 Å². The number of likely N-dealkylation sites (tertiary alicyclic amines) is 1. The van der Waals surface area contributed by atoms with Gasteiger partial charge in [0.25, 0.3) is 11.8 Å². The Morgan fingerprint density at radius 3 is 1.40 bits per heavy atom. The average Bonchev–Trinajstić information content (AvgIpc) is 3.89. The summed E-state index contributed by atoms with van der Waals surface area (Å²) in [5.41, 5.74) is 2.09. The second-order valence-electron chi connectivity index (χ2n) is 17.8. The Morgan fingerprint density at radius 2 is 0.986 bits per heavy atom. The van der Waals surface area contributed by atoms with Gasteiger partial charge in [0.1, 0.15) is 23.0 Å².